The van der Waals surface area contributed by atoms with Crippen molar-refractivity contribution >= 4 is 23.5 Å². The van der Waals surface area contributed by atoms with Crippen molar-refractivity contribution in [1.82, 2.24) is 9.88 Å². The molecule has 21 heavy (non-hydrogen) atoms. The molecule has 2 heterocycles. The summed E-state index contributed by atoms with van der Waals surface area (Å²) in [5.41, 5.74) is 0.404. The van der Waals surface area contributed by atoms with Gasteiger partial charge < -0.3 is 15.3 Å². The van der Waals surface area contributed by atoms with Crippen LogP contribution in [0.4, 0.5) is 5.69 Å². The lowest BCUT2D eigenvalue weighted by Crippen LogP contribution is -2.40. The lowest BCUT2D eigenvalue weighted by Gasteiger charge is -2.30. The highest BCUT2D eigenvalue weighted by atomic mass is 16.4. The maximum atomic E-state index is 12.1. The Morgan fingerprint density at radius 1 is 1.29 bits per heavy atom. The minimum atomic E-state index is -1.11. The van der Waals surface area contributed by atoms with Gasteiger partial charge in [-0.05, 0) is 25.0 Å². The summed E-state index contributed by atoms with van der Waals surface area (Å²) in [4.78, 5) is 39.5. The van der Waals surface area contributed by atoms with E-state index in [0.717, 1.165) is 0 Å². The third-order valence-corrected chi connectivity index (χ3v) is 3.56. The van der Waals surface area contributed by atoms with Crippen LogP contribution in [0.3, 0.4) is 0 Å². The van der Waals surface area contributed by atoms with E-state index in [9.17, 15) is 14.4 Å². The van der Waals surface area contributed by atoms with Gasteiger partial charge >= 0.3 is 5.97 Å². The van der Waals surface area contributed by atoms with Crippen LogP contribution in [0, 0.1) is 5.92 Å². The van der Waals surface area contributed by atoms with Crippen LogP contribution in [-0.4, -0.2) is 45.9 Å². The number of aromatic nitrogens is 1. The van der Waals surface area contributed by atoms with Crippen LogP contribution in [0.15, 0.2) is 18.3 Å². The zero-order valence-corrected chi connectivity index (χ0v) is 11.7. The highest BCUT2D eigenvalue weighted by Gasteiger charge is 2.26. The number of aromatic carboxylic acids is 1. The van der Waals surface area contributed by atoms with Gasteiger partial charge in [-0.1, -0.05) is 0 Å². The van der Waals surface area contributed by atoms with Gasteiger partial charge in [0.25, 0.3) is 0 Å². The van der Waals surface area contributed by atoms with E-state index in [1.54, 1.807) is 4.90 Å². The largest absolute Gasteiger partial charge is 0.477 e. The first-order chi connectivity index (χ1) is 9.97. The molecule has 1 fully saturated rings. The summed E-state index contributed by atoms with van der Waals surface area (Å²) >= 11 is 0. The molecule has 1 aliphatic heterocycles. The molecule has 7 heteroatoms. The van der Waals surface area contributed by atoms with E-state index in [1.807, 2.05) is 0 Å². The number of carbonyl (C=O) groups excluding carboxylic acids is 2. The SMILES string of the molecule is CC(=O)N1CCC(C(=O)Nc2ccc(C(=O)O)nc2)CC1. The minimum Gasteiger partial charge on any atom is -0.477 e. The number of carbonyl (C=O) groups is 3. The van der Waals surface area contributed by atoms with Crippen LogP contribution in [0.1, 0.15) is 30.3 Å². The molecule has 0 radical (unpaired) electrons. The van der Waals surface area contributed by atoms with Gasteiger partial charge in [0, 0.05) is 25.9 Å². The number of nitrogens with zero attached hydrogens (tertiary/aromatic N) is 2. The monoisotopic (exact) mass is 291 g/mol. The molecule has 0 unspecified atom stereocenters. The summed E-state index contributed by atoms with van der Waals surface area (Å²) < 4.78 is 0. The number of carboxylic acids is 1. The number of hydrogen-bond donors (Lipinski definition) is 2. The third-order valence-electron chi connectivity index (χ3n) is 3.56. The smallest absolute Gasteiger partial charge is 0.354 e. The molecule has 7 nitrogen and oxygen atoms in total. The van der Waals surface area contributed by atoms with Crippen molar-refractivity contribution in [3.63, 3.8) is 0 Å². The van der Waals surface area contributed by atoms with Crippen molar-refractivity contribution in [3.8, 4) is 0 Å². The van der Waals surface area contributed by atoms with Gasteiger partial charge in [-0.3, -0.25) is 9.59 Å². The maximum Gasteiger partial charge on any atom is 0.354 e. The Kier molecular flexibility index (Phi) is 4.52. The number of carboxylic acid groups (broad SMARTS) is 1. The number of rotatable bonds is 3. The van der Waals surface area contributed by atoms with E-state index in [4.69, 9.17) is 5.11 Å². The summed E-state index contributed by atoms with van der Waals surface area (Å²) in [6.45, 7) is 2.70. The summed E-state index contributed by atoms with van der Waals surface area (Å²) in [5.74, 6) is -1.34. The first-order valence-corrected chi connectivity index (χ1v) is 6.73. The van der Waals surface area contributed by atoms with E-state index in [2.05, 4.69) is 10.3 Å². The van der Waals surface area contributed by atoms with Gasteiger partial charge in [0.15, 0.2) is 0 Å². The predicted octanol–water partition coefficient (Wildman–Crippen LogP) is 0.977. The number of piperidine rings is 1. The molecule has 1 aliphatic rings. The zero-order valence-electron chi connectivity index (χ0n) is 11.7. The van der Waals surface area contributed by atoms with Crippen molar-refractivity contribution in [2.75, 3.05) is 18.4 Å². The first kappa shape index (κ1) is 15.0. The molecule has 0 saturated carbocycles. The molecule has 0 aromatic carbocycles. The predicted molar refractivity (Wildman–Crippen MR) is 74.8 cm³/mol. The van der Waals surface area contributed by atoms with Crippen LogP contribution in [0.25, 0.3) is 0 Å². The quantitative estimate of drug-likeness (QED) is 0.864. The zero-order chi connectivity index (χ0) is 15.4. The molecule has 0 atom stereocenters. The second-order valence-corrected chi connectivity index (χ2v) is 5.01. The highest BCUT2D eigenvalue weighted by molar-refractivity contribution is 5.93. The number of anilines is 1. The molecule has 0 spiro atoms. The van der Waals surface area contributed by atoms with Gasteiger partial charge in [-0.15, -0.1) is 0 Å². The normalized spacial score (nSPS) is 15.6. The number of nitrogens with one attached hydrogen (secondary N) is 1. The van der Waals surface area contributed by atoms with E-state index < -0.39 is 5.97 Å². The topological polar surface area (TPSA) is 99.6 Å². The molecule has 0 bridgehead atoms. The van der Waals surface area contributed by atoms with Gasteiger partial charge in [-0.25, -0.2) is 9.78 Å². The fourth-order valence-corrected chi connectivity index (χ4v) is 2.30. The minimum absolute atomic E-state index is 0.0299. The molecular formula is C14H17N3O4. The van der Waals surface area contributed by atoms with Crippen molar-refractivity contribution in [2.24, 2.45) is 5.92 Å². The maximum absolute atomic E-state index is 12.1. The van der Waals surface area contributed by atoms with Crippen LogP contribution >= 0.6 is 0 Å². The number of amides is 2. The fourth-order valence-electron chi connectivity index (χ4n) is 2.30. The number of pyridine rings is 1. The number of hydrogen-bond acceptors (Lipinski definition) is 4. The molecule has 2 N–H and O–H groups in total. The van der Waals surface area contributed by atoms with Crippen LogP contribution in [-0.2, 0) is 9.59 Å². The van der Waals surface area contributed by atoms with Gasteiger partial charge in [-0.2, -0.15) is 0 Å². The summed E-state index contributed by atoms with van der Waals surface area (Å²) in [6.07, 6.45) is 2.59. The standard InChI is InChI=1S/C14H17N3O4/c1-9(18)17-6-4-10(5-7-17)13(19)16-11-2-3-12(14(20)21)15-8-11/h2-3,8,10H,4-7H2,1H3,(H,16,19)(H,20,21). The molecule has 1 aromatic heterocycles. The Bertz CT molecular complexity index is 548. The molecular weight excluding hydrogens is 274 g/mol. The Morgan fingerprint density at radius 3 is 2.43 bits per heavy atom. The lowest BCUT2D eigenvalue weighted by atomic mass is 9.96. The van der Waals surface area contributed by atoms with Crippen LogP contribution in [0.2, 0.25) is 0 Å². The fraction of sp³-hybridized carbons (Fsp3) is 0.429. The van der Waals surface area contributed by atoms with Crippen molar-refractivity contribution < 1.29 is 19.5 Å². The Labute approximate surface area is 122 Å². The molecule has 0 aliphatic carbocycles. The average molecular weight is 291 g/mol. The highest BCUT2D eigenvalue weighted by Crippen LogP contribution is 2.19. The van der Waals surface area contributed by atoms with Gasteiger partial charge in [0.1, 0.15) is 5.69 Å². The van der Waals surface area contributed by atoms with E-state index in [1.165, 1.54) is 25.3 Å². The average Bonchev–Trinajstić information content (AvgIpc) is 2.47. The van der Waals surface area contributed by atoms with Crippen molar-refractivity contribution in [3.05, 3.63) is 24.0 Å². The second-order valence-electron chi connectivity index (χ2n) is 5.01. The molecule has 2 rings (SSSR count). The molecule has 1 saturated heterocycles. The third kappa shape index (κ3) is 3.77. The molecule has 1 aromatic rings. The summed E-state index contributed by atoms with van der Waals surface area (Å²) in [5, 5.41) is 11.5. The second kappa shape index (κ2) is 6.34. The van der Waals surface area contributed by atoms with Gasteiger partial charge in [0.2, 0.25) is 11.8 Å². The van der Waals surface area contributed by atoms with E-state index >= 15 is 0 Å². The molecule has 112 valence electrons. The Hall–Kier alpha value is -2.44. The summed E-state index contributed by atoms with van der Waals surface area (Å²) in [6, 6.07) is 2.86. The van der Waals surface area contributed by atoms with Crippen LogP contribution < -0.4 is 5.32 Å². The van der Waals surface area contributed by atoms with E-state index in [-0.39, 0.29) is 23.4 Å². The first-order valence-electron chi connectivity index (χ1n) is 6.73. The van der Waals surface area contributed by atoms with Crippen LogP contribution in [0.5, 0.6) is 0 Å². The van der Waals surface area contributed by atoms with Gasteiger partial charge in [0.05, 0.1) is 11.9 Å². The Balaban J connectivity index is 1.90. The number of likely N-dealkylation sites (tertiary alicyclic amines) is 1. The van der Waals surface area contributed by atoms with Crippen molar-refractivity contribution in [2.45, 2.75) is 19.8 Å². The molecule has 2 amide bonds. The van der Waals surface area contributed by atoms with E-state index in [0.29, 0.717) is 31.6 Å². The Morgan fingerprint density at radius 2 is 1.95 bits per heavy atom. The summed E-state index contributed by atoms with van der Waals surface area (Å²) in [7, 11) is 0. The van der Waals surface area contributed by atoms with Crippen molar-refractivity contribution in [1.29, 1.82) is 0 Å². The lowest BCUT2D eigenvalue weighted by molar-refractivity contribution is -0.132.